The first-order chi connectivity index (χ1) is 5.42. The fourth-order valence-electron chi connectivity index (χ4n) is 1.70. The maximum Gasteiger partial charge on any atom is 0.140 e. The molecule has 0 bridgehead atoms. The van der Waals surface area contributed by atoms with Gasteiger partial charge in [-0.3, -0.25) is 0 Å². The molecule has 1 aromatic heterocycles. The Balaban J connectivity index is 2.32. The average molecular weight is 152 g/mol. The van der Waals surface area contributed by atoms with Crippen LogP contribution in [0.15, 0.2) is 10.7 Å². The van der Waals surface area contributed by atoms with Crippen molar-refractivity contribution in [2.45, 2.75) is 25.2 Å². The fraction of sp³-hybridized carbons (Fsp3) is 0.625. The van der Waals surface area contributed by atoms with Gasteiger partial charge in [0.25, 0.3) is 0 Å². The Kier molecular flexibility index (Phi) is 1.66. The van der Waals surface area contributed by atoms with Crippen molar-refractivity contribution in [3.63, 3.8) is 0 Å². The van der Waals surface area contributed by atoms with Gasteiger partial charge in [-0.05, 0) is 19.4 Å². The number of aromatic nitrogens is 1. The van der Waals surface area contributed by atoms with Crippen molar-refractivity contribution in [3.8, 4) is 0 Å². The number of hydrogen-bond donors (Lipinski definition) is 1. The van der Waals surface area contributed by atoms with Crippen LogP contribution in [0.2, 0.25) is 0 Å². The molecule has 3 nitrogen and oxygen atoms in total. The second-order valence-electron chi connectivity index (χ2n) is 3.03. The molecule has 1 unspecified atom stereocenters. The molecule has 0 fully saturated rings. The minimum atomic E-state index is 0.491. The number of aryl methyl sites for hydroxylation is 1. The minimum absolute atomic E-state index is 0.491. The van der Waals surface area contributed by atoms with Crippen LogP contribution < -0.4 is 5.73 Å². The van der Waals surface area contributed by atoms with E-state index in [1.807, 2.05) is 6.20 Å². The van der Waals surface area contributed by atoms with E-state index in [4.69, 9.17) is 10.3 Å². The Morgan fingerprint density at radius 2 is 2.64 bits per heavy atom. The Labute approximate surface area is 65.6 Å². The fourth-order valence-corrected chi connectivity index (χ4v) is 1.70. The van der Waals surface area contributed by atoms with Crippen LogP contribution >= 0.6 is 0 Å². The smallest absolute Gasteiger partial charge is 0.140 e. The summed E-state index contributed by atoms with van der Waals surface area (Å²) in [5, 5.41) is 3.77. The topological polar surface area (TPSA) is 52.0 Å². The molecular weight excluding hydrogens is 140 g/mol. The van der Waals surface area contributed by atoms with Gasteiger partial charge < -0.3 is 10.3 Å². The van der Waals surface area contributed by atoms with Crippen LogP contribution in [0.1, 0.15) is 30.1 Å². The van der Waals surface area contributed by atoms with Crippen molar-refractivity contribution in [2.75, 3.05) is 6.54 Å². The number of fused-ring (bicyclic) bond motifs is 1. The zero-order chi connectivity index (χ0) is 7.68. The lowest BCUT2D eigenvalue weighted by Crippen LogP contribution is -2.16. The van der Waals surface area contributed by atoms with Gasteiger partial charge in [0, 0.05) is 17.9 Å². The second-order valence-corrected chi connectivity index (χ2v) is 3.03. The van der Waals surface area contributed by atoms with Gasteiger partial charge in [0.05, 0.1) is 6.20 Å². The highest BCUT2D eigenvalue weighted by Gasteiger charge is 2.21. The second kappa shape index (κ2) is 2.66. The quantitative estimate of drug-likeness (QED) is 0.654. The van der Waals surface area contributed by atoms with Crippen molar-refractivity contribution in [2.24, 2.45) is 5.73 Å². The first-order valence-electron chi connectivity index (χ1n) is 4.05. The summed E-state index contributed by atoms with van der Waals surface area (Å²) in [5.41, 5.74) is 6.84. The Morgan fingerprint density at radius 3 is 3.45 bits per heavy atom. The normalized spacial score (nSPS) is 23.2. The lowest BCUT2D eigenvalue weighted by Gasteiger charge is -2.17. The van der Waals surface area contributed by atoms with Crippen molar-refractivity contribution in [1.82, 2.24) is 5.16 Å². The van der Waals surface area contributed by atoms with Crippen molar-refractivity contribution in [1.29, 1.82) is 0 Å². The van der Waals surface area contributed by atoms with Gasteiger partial charge in [-0.25, -0.2) is 0 Å². The largest absolute Gasteiger partial charge is 0.361 e. The van der Waals surface area contributed by atoms with Crippen molar-refractivity contribution >= 4 is 0 Å². The minimum Gasteiger partial charge on any atom is -0.361 e. The van der Waals surface area contributed by atoms with Crippen molar-refractivity contribution in [3.05, 3.63) is 17.5 Å². The zero-order valence-electron chi connectivity index (χ0n) is 6.42. The molecule has 0 saturated carbocycles. The Bertz CT molecular complexity index is 244. The average Bonchev–Trinajstić information content (AvgIpc) is 2.50. The predicted molar refractivity (Wildman–Crippen MR) is 41.2 cm³/mol. The number of nitrogens with two attached hydrogens (primary N) is 1. The van der Waals surface area contributed by atoms with E-state index in [1.165, 1.54) is 18.4 Å². The molecule has 2 N–H and O–H groups in total. The van der Waals surface area contributed by atoms with Gasteiger partial charge in [0.1, 0.15) is 5.76 Å². The van der Waals surface area contributed by atoms with E-state index in [9.17, 15) is 0 Å². The molecule has 3 heteroatoms. The van der Waals surface area contributed by atoms with E-state index in [0.29, 0.717) is 12.5 Å². The third kappa shape index (κ3) is 1.05. The first kappa shape index (κ1) is 6.85. The SMILES string of the molecule is NCC1CCCc2oncc21. The van der Waals surface area contributed by atoms with Crippen molar-refractivity contribution < 1.29 is 4.52 Å². The molecule has 0 saturated heterocycles. The predicted octanol–water partition coefficient (Wildman–Crippen LogP) is 1.05. The maximum absolute atomic E-state index is 5.61. The molecular formula is C8H12N2O. The summed E-state index contributed by atoms with van der Waals surface area (Å²) < 4.78 is 5.08. The van der Waals surface area contributed by atoms with Gasteiger partial charge in [-0.2, -0.15) is 0 Å². The highest BCUT2D eigenvalue weighted by atomic mass is 16.5. The first-order valence-corrected chi connectivity index (χ1v) is 4.05. The van der Waals surface area contributed by atoms with E-state index in [0.717, 1.165) is 12.2 Å². The van der Waals surface area contributed by atoms with E-state index in [1.54, 1.807) is 0 Å². The standard InChI is InChI=1S/C8H12N2O/c9-4-6-2-1-3-8-7(6)5-10-11-8/h5-6H,1-4,9H2. The summed E-state index contributed by atoms with van der Waals surface area (Å²) in [4.78, 5) is 0. The van der Waals surface area contributed by atoms with Crippen LogP contribution in [-0.2, 0) is 6.42 Å². The Morgan fingerprint density at radius 1 is 1.73 bits per heavy atom. The molecule has 0 aliphatic heterocycles. The Hall–Kier alpha value is -0.830. The lowest BCUT2D eigenvalue weighted by atomic mass is 9.88. The summed E-state index contributed by atoms with van der Waals surface area (Å²) in [6, 6.07) is 0. The molecule has 0 amide bonds. The molecule has 0 radical (unpaired) electrons. The monoisotopic (exact) mass is 152 g/mol. The van der Waals surface area contributed by atoms with E-state index in [-0.39, 0.29) is 0 Å². The van der Waals surface area contributed by atoms with Gasteiger partial charge in [-0.15, -0.1) is 0 Å². The van der Waals surface area contributed by atoms with Gasteiger partial charge in [0.15, 0.2) is 0 Å². The molecule has 1 aromatic rings. The van der Waals surface area contributed by atoms with Crippen LogP contribution in [0.4, 0.5) is 0 Å². The van der Waals surface area contributed by atoms with Gasteiger partial charge >= 0.3 is 0 Å². The van der Waals surface area contributed by atoms with Crippen LogP contribution in [0.3, 0.4) is 0 Å². The third-order valence-corrected chi connectivity index (χ3v) is 2.36. The van der Waals surface area contributed by atoms with Crippen LogP contribution in [0.25, 0.3) is 0 Å². The van der Waals surface area contributed by atoms with Crippen LogP contribution in [-0.4, -0.2) is 11.7 Å². The molecule has 1 atom stereocenters. The number of hydrogen-bond acceptors (Lipinski definition) is 3. The molecule has 1 aliphatic rings. The van der Waals surface area contributed by atoms with E-state index >= 15 is 0 Å². The highest BCUT2D eigenvalue weighted by Crippen LogP contribution is 2.30. The zero-order valence-corrected chi connectivity index (χ0v) is 6.42. The molecule has 1 heterocycles. The molecule has 11 heavy (non-hydrogen) atoms. The number of nitrogens with zero attached hydrogens (tertiary/aromatic N) is 1. The van der Waals surface area contributed by atoms with Gasteiger partial charge in [0.2, 0.25) is 0 Å². The maximum atomic E-state index is 5.61. The van der Waals surface area contributed by atoms with E-state index in [2.05, 4.69) is 5.16 Å². The summed E-state index contributed by atoms with van der Waals surface area (Å²) >= 11 is 0. The molecule has 60 valence electrons. The van der Waals surface area contributed by atoms with Crippen LogP contribution in [0.5, 0.6) is 0 Å². The molecule has 1 aliphatic carbocycles. The van der Waals surface area contributed by atoms with Crippen LogP contribution in [0, 0.1) is 0 Å². The molecule has 2 rings (SSSR count). The third-order valence-electron chi connectivity index (χ3n) is 2.36. The summed E-state index contributed by atoms with van der Waals surface area (Å²) in [6.45, 7) is 0.716. The summed E-state index contributed by atoms with van der Waals surface area (Å²) in [6.07, 6.45) is 5.21. The molecule has 0 aromatic carbocycles. The number of rotatable bonds is 1. The summed E-state index contributed by atoms with van der Waals surface area (Å²) in [5.74, 6) is 1.54. The summed E-state index contributed by atoms with van der Waals surface area (Å²) in [7, 11) is 0. The van der Waals surface area contributed by atoms with E-state index < -0.39 is 0 Å². The highest BCUT2D eigenvalue weighted by molar-refractivity contribution is 5.22. The molecule has 0 spiro atoms. The lowest BCUT2D eigenvalue weighted by molar-refractivity contribution is 0.365. The van der Waals surface area contributed by atoms with Gasteiger partial charge in [-0.1, -0.05) is 5.16 Å².